The number of hydrogen-bond donors (Lipinski definition) is 2. The van der Waals surface area contributed by atoms with Gasteiger partial charge in [0.05, 0.1) is 22.7 Å². The SMILES string of the molecule is O=C(NCC(=O)N1CC(O)C1)c1ccc(Cl)c(Cl)c1. The Balaban J connectivity index is 1.87. The molecule has 19 heavy (non-hydrogen) atoms. The number of carbonyl (C=O) groups is 2. The van der Waals surface area contributed by atoms with Gasteiger partial charge in [-0.3, -0.25) is 9.59 Å². The molecule has 7 heteroatoms. The molecule has 102 valence electrons. The van der Waals surface area contributed by atoms with Gasteiger partial charge in [-0.2, -0.15) is 0 Å². The number of aliphatic hydroxyl groups is 1. The average molecular weight is 303 g/mol. The number of halogens is 2. The zero-order valence-electron chi connectivity index (χ0n) is 9.90. The summed E-state index contributed by atoms with van der Waals surface area (Å²) in [4.78, 5) is 24.8. The van der Waals surface area contributed by atoms with E-state index in [2.05, 4.69) is 5.32 Å². The second kappa shape index (κ2) is 5.77. The average Bonchev–Trinajstić information content (AvgIpc) is 2.35. The van der Waals surface area contributed by atoms with Crippen molar-refractivity contribution in [2.24, 2.45) is 0 Å². The Labute approximate surface area is 120 Å². The summed E-state index contributed by atoms with van der Waals surface area (Å²) in [7, 11) is 0. The molecule has 0 spiro atoms. The van der Waals surface area contributed by atoms with Crippen LogP contribution >= 0.6 is 23.2 Å². The van der Waals surface area contributed by atoms with E-state index in [1.165, 1.54) is 23.1 Å². The van der Waals surface area contributed by atoms with E-state index in [4.69, 9.17) is 28.3 Å². The van der Waals surface area contributed by atoms with Crippen LogP contribution < -0.4 is 5.32 Å². The van der Waals surface area contributed by atoms with Crippen LogP contribution in [0.15, 0.2) is 18.2 Å². The zero-order valence-corrected chi connectivity index (χ0v) is 11.4. The quantitative estimate of drug-likeness (QED) is 0.872. The molecule has 0 saturated carbocycles. The van der Waals surface area contributed by atoms with Crippen molar-refractivity contribution in [2.45, 2.75) is 6.10 Å². The minimum Gasteiger partial charge on any atom is -0.389 e. The normalized spacial score (nSPS) is 15.0. The standard InChI is InChI=1S/C12H12Cl2N2O3/c13-9-2-1-7(3-10(9)14)12(19)15-4-11(18)16-5-8(17)6-16/h1-3,8,17H,4-6H2,(H,15,19). The van der Waals surface area contributed by atoms with Gasteiger partial charge in [-0.1, -0.05) is 23.2 Å². The number of hydrogen-bond acceptors (Lipinski definition) is 3. The molecule has 1 saturated heterocycles. The molecule has 2 N–H and O–H groups in total. The highest BCUT2D eigenvalue weighted by atomic mass is 35.5. The van der Waals surface area contributed by atoms with Crippen LogP contribution in [0.25, 0.3) is 0 Å². The van der Waals surface area contributed by atoms with Crippen LogP contribution in [0.4, 0.5) is 0 Å². The molecular formula is C12H12Cl2N2O3. The molecule has 0 bridgehead atoms. The van der Waals surface area contributed by atoms with Gasteiger partial charge < -0.3 is 15.3 Å². The molecule has 1 aliphatic heterocycles. The summed E-state index contributed by atoms with van der Waals surface area (Å²) in [6, 6.07) is 4.49. The van der Waals surface area contributed by atoms with Crippen LogP contribution in [-0.2, 0) is 4.79 Å². The summed E-state index contributed by atoms with van der Waals surface area (Å²) in [5.41, 5.74) is 0.339. The Morgan fingerprint density at radius 3 is 2.58 bits per heavy atom. The third kappa shape index (κ3) is 3.37. The van der Waals surface area contributed by atoms with Crippen LogP contribution in [0.1, 0.15) is 10.4 Å². The highest BCUT2D eigenvalue weighted by molar-refractivity contribution is 6.42. The molecule has 2 rings (SSSR count). The Morgan fingerprint density at radius 2 is 2.00 bits per heavy atom. The van der Waals surface area contributed by atoms with E-state index in [0.29, 0.717) is 23.7 Å². The highest BCUT2D eigenvalue weighted by Crippen LogP contribution is 2.22. The van der Waals surface area contributed by atoms with Gasteiger partial charge >= 0.3 is 0 Å². The van der Waals surface area contributed by atoms with Gasteiger partial charge in [0.25, 0.3) is 5.91 Å². The van der Waals surface area contributed by atoms with Gasteiger partial charge in [0.2, 0.25) is 5.91 Å². The van der Waals surface area contributed by atoms with Gasteiger partial charge in [-0.15, -0.1) is 0 Å². The predicted molar refractivity (Wildman–Crippen MR) is 71.4 cm³/mol. The summed E-state index contributed by atoms with van der Waals surface area (Å²) >= 11 is 11.6. The molecule has 1 aliphatic rings. The lowest BCUT2D eigenvalue weighted by Gasteiger charge is -2.35. The molecule has 0 radical (unpaired) electrons. The van der Waals surface area contributed by atoms with Gasteiger partial charge in [0, 0.05) is 18.7 Å². The van der Waals surface area contributed by atoms with Gasteiger partial charge in [-0.05, 0) is 18.2 Å². The fraction of sp³-hybridized carbons (Fsp3) is 0.333. The Morgan fingerprint density at radius 1 is 1.32 bits per heavy atom. The van der Waals surface area contributed by atoms with Gasteiger partial charge in [0.15, 0.2) is 0 Å². The summed E-state index contributed by atoms with van der Waals surface area (Å²) in [5, 5.41) is 12.2. The number of likely N-dealkylation sites (tertiary alicyclic amines) is 1. The van der Waals surface area contributed by atoms with E-state index in [-0.39, 0.29) is 17.5 Å². The van der Waals surface area contributed by atoms with E-state index >= 15 is 0 Å². The Bertz CT molecular complexity index is 516. The maximum atomic E-state index is 11.8. The van der Waals surface area contributed by atoms with Crippen molar-refractivity contribution in [3.63, 3.8) is 0 Å². The molecule has 0 atom stereocenters. The fourth-order valence-corrected chi connectivity index (χ4v) is 1.96. The van der Waals surface area contributed by atoms with Crippen LogP contribution in [0.3, 0.4) is 0 Å². The zero-order chi connectivity index (χ0) is 14.0. The molecule has 2 amide bonds. The van der Waals surface area contributed by atoms with E-state index < -0.39 is 12.0 Å². The molecule has 5 nitrogen and oxygen atoms in total. The lowest BCUT2D eigenvalue weighted by atomic mass is 10.1. The monoisotopic (exact) mass is 302 g/mol. The van der Waals surface area contributed by atoms with Crippen molar-refractivity contribution in [1.29, 1.82) is 0 Å². The van der Waals surface area contributed by atoms with Crippen LogP contribution in [0, 0.1) is 0 Å². The highest BCUT2D eigenvalue weighted by Gasteiger charge is 2.28. The van der Waals surface area contributed by atoms with Crippen molar-refractivity contribution >= 4 is 35.0 Å². The van der Waals surface area contributed by atoms with Crippen molar-refractivity contribution < 1.29 is 14.7 Å². The fourth-order valence-electron chi connectivity index (χ4n) is 1.67. The van der Waals surface area contributed by atoms with E-state index in [1.54, 1.807) is 0 Å². The number of carbonyl (C=O) groups excluding carboxylic acids is 2. The second-order valence-corrected chi connectivity index (χ2v) is 5.08. The summed E-state index contributed by atoms with van der Waals surface area (Å²) < 4.78 is 0. The summed E-state index contributed by atoms with van der Waals surface area (Å²) in [6.45, 7) is 0.536. The molecule has 1 heterocycles. The number of nitrogens with zero attached hydrogens (tertiary/aromatic N) is 1. The van der Waals surface area contributed by atoms with Crippen molar-refractivity contribution in [3.8, 4) is 0 Å². The number of nitrogens with one attached hydrogen (secondary N) is 1. The lowest BCUT2D eigenvalue weighted by molar-refractivity contribution is -0.140. The lowest BCUT2D eigenvalue weighted by Crippen LogP contribution is -2.55. The Kier molecular flexibility index (Phi) is 4.29. The third-order valence-electron chi connectivity index (χ3n) is 2.80. The summed E-state index contributed by atoms with van der Waals surface area (Å²) in [6.07, 6.45) is -0.449. The number of amides is 2. The number of benzene rings is 1. The van der Waals surface area contributed by atoms with E-state index in [1.807, 2.05) is 0 Å². The Hall–Kier alpha value is -1.30. The first-order valence-electron chi connectivity index (χ1n) is 5.66. The topological polar surface area (TPSA) is 69.6 Å². The third-order valence-corrected chi connectivity index (χ3v) is 3.54. The smallest absolute Gasteiger partial charge is 0.251 e. The molecular weight excluding hydrogens is 291 g/mol. The molecule has 1 aromatic carbocycles. The van der Waals surface area contributed by atoms with E-state index in [9.17, 15) is 9.59 Å². The maximum Gasteiger partial charge on any atom is 0.251 e. The maximum absolute atomic E-state index is 11.8. The van der Waals surface area contributed by atoms with Gasteiger partial charge in [0.1, 0.15) is 0 Å². The van der Waals surface area contributed by atoms with Crippen molar-refractivity contribution in [3.05, 3.63) is 33.8 Å². The molecule has 1 fully saturated rings. The van der Waals surface area contributed by atoms with Crippen molar-refractivity contribution in [2.75, 3.05) is 19.6 Å². The van der Waals surface area contributed by atoms with Gasteiger partial charge in [-0.25, -0.2) is 0 Å². The minimum absolute atomic E-state index is 0.105. The molecule has 0 aromatic heterocycles. The number of rotatable bonds is 3. The molecule has 1 aromatic rings. The minimum atomic E-state index is -0.449. The van der Waals surface area contributed by atoms with Crippen LogP contribution in [0.2, 0.25) is 10.0 Å². The second-order valence-electron chi connectivity index (χ2n) is 4.26. The number of aliphatic hydroxyl groups excluding tert-OH is 1. The first kappa shape index (κ1) is 14.1. The van der Waals surface area contributed by atoms with E-state index in [0.717, 1.165) is 0 Å². The number of β-amino-alcohol motifs (C(OH)–C–C–N with tert-alkyl or cyclic N) is 1. The largest absolute Gasteiger partial charge is 0.389 e. The van der Waals surface area contributed by atoms with Crippen LogP contribution in [0.5, 0.6) is 0 Å². The molecule has 0 unspecified atom stereocenters. The first-order chi connectivity index (χ1) is 8.97. The first-order valence-corrected chi connectivity index (χ1v) is 6.42. The van der Waals surface area contributed by atoms with Crippen LogP contribution in [-0.4, -0.2) is 47.6 Å². The predicted octanol–water partition coefficient (Wildman–Crippen LogP) is 0.926. The summed E-state index contributed by atoms with van der Waals surface area (Å²) in [5.74, 6) is -0.619. The van der Waals surface area contributed by atoms with Crippen molar-refractivity contribution in [1.82, 2.24) is 10.2 Å². The molecule has 0 aliphatic carbocycles.